The molecule has 0 rings (SSSR count). The molecule has 0 aliphatic heterocycles. The van der Waals surface area contributed by atoms with E-state index in [4.69, 9.17) is 0 Å². The van der Waals surface area contributed by atoms with Crippen molar-refractivity contribution in [2.45, 2.75) is 40.0 Å². The van der Waals surface area contributed by atoms with Gasteiger partial charge in [-0.1, -0.05) is 40.0 Å². The quantitative estimate of drug-likeness (QED) is 0.543. The van der Waals surface area contributed by atoms with Crippen LogP contribution in [-0.2, 0) is 0 Å². The van der Waals surface area contributed by atoms with Crippen LogP contribution in [-0.4, -0.2) is 0 Å². The van der Waals surface area contributed by atoms with Gasteiger partial charge in [-0.2, -0.15) is 0 Å². The average molecular weight is 127 g/mol. The minimum absolute atomic E-state index is 0.671. The smallest absolute Gasteiger partial charge is 0.0391 e. The van der Waals surface area contributed by atoms with Gasteiger partial charge in [0, 0.05) is 0 Å². The summed E-state index contributed by atoms with van der Waals surface area (Å²) in [6.45, 7) is 10.8. The van der Waals surface area contributed by atoms with Gasteiger partial charge in [-0.3, -0.25) is 0 Å². The maximum Gasteiger partial charge on any atom is -0.0391 e. The van der Waals surface area contributed by atoms with E-state index in [-0.39, 0.29) is 0 Å². The second-order valence-electron chi connectivity index (χ2n) is 2.93. The van der Waals surface area contributed by atoms with Gasteiger partial charge in [0.05, 0.1) is 0 Å². The second kappa shape index (κ2) is 4.84. The van der Waals surface area contributed by atoms with Crippen LogP contribution in [0.1, 0.15) is 40.0 Å². The molecule has 0 aliphatic carbocycles. The fourth-order valence-electron chi connectivity index (χ4n) is 1.09. The minimum Gasteiger partial charge on any atom is -0.0654 e. The molecule has 0 aromatic heterocycles. The molecule has 0 spiro atoms. The molecule has 0 heteroatoms. The Morgan fingerprint density at radius 2 is 1.89 bits per heavy atom. The van der Waals surface area contributed by atoms with Crippen LogP contribution in [0.25, 0.3) is 0 Å². The highest BCUT2D eigenvalue weighted by Crippen LogP contribution is 2.18. The predicted molar refractivity (Wildman–Crippen MR) is 43.2 cm³/mol. The fourth-order valence-corrected chi connectivity index (χ4v) is 1.09. The Bertz CT molecular complexity index is 57.1. The molecular weight excluding hydrogens is 108 g/mol. The third-order valence-electron chi connectivity index (χ3n) is 2.07. The van der Waals surface area contributed by atoms with E-state index in [1.807, 2.05) is 0 Å². The third kappa shape index (κ3) is 3.56. The molecular formula is C9H19. The number of rotatable bonds is 4. The van der Waals surface area contributed by atoms with Crippen LogP contribution in [0.4, 0.5) is 0 Å². The lowest BCUT2D eigenvalue weighted by Gasteiger charge is -2.16. The summed E-state index contributed by atoms with van der Waals surface area (Å²) in [5, 5.41) is 0. The van der Waals surface area contributed by atoms with Crippen LogP contribution in [0.15, 0.2) is 0 Å². The predicted octanol–water partition coefficient (Wildman–Crippen LogP) is 3.28. The summed E-state index contributed by atoms with van der Waals surface area (Å²) in [5.41, 5.74) is 0. The Balaban J connectivity index is 3.32. The zero-order chi connectivity index (χ0) is 7.28. The highest BCUT2D eigenvalue weighted by molar-refractivity contribution is 4.65. The van der Waals surface area contributed by atoms with Crippen molar-refractivity contribution in [1.82, 2.24) is 0 Å². The van der Waals surface area contributed by atoms with Crippen molar-refractivity contribution in [2.75, 3.05) is 0 Å². The van der Waals surface area contributed by atoms with Crippen LogP contribution in [0.2, 0.25) is 0 Å². The maximum atomic E-state index is 4.08. The van der Waals surface area contributed by atoms with E-state index >= 15 is 0 Å². The molecule has 0 bridgehead atoms. The molecule has 2 unspecified atom stereocenters. The van der Waals surface area contributed by atoms with Crippen molar-refractivity contribution in [3.05, 3.63) is 6.92 Å². The summed E-state index contributed by atoms with van der Waals surface area (Å²) in [5.74, 6) is 1.49. The highest BCUT2D eigenvalue weighted by atomic mass is 14.1. The zero-order valence-corrected chi connectivity index (χ0v) is 6.98. The Morgan fingerprint density at radius 1 is 1.33 bits per heavy atom. The van der Waals surface area contributed by atoms with Crippen molar-refractivity contribution in [2.24, 2.45) is 11.8 Å². The van der Waals surface area contributed by atoms with Gasteiger partial charge in [0.2, 0.25) is 0 Å². The molecule has 0 amide bonds. The van der Waals surface area contributed by atoms with E-state index in [1.165, 1.54) is 19.3 Å². The van der Waals surface area contributed by atoms with E-state index in [0.717, 1.165) is 5.92 Å². The molecule has 1 radical (unpaired) electrons. The maximum absolute atomic E-state index is 4.08. The molecule has 0 aromatic rings. The lowest BCUT2D eigenvalue weighted by molar-refractivity contribution is 0.385. The monoisotopic (exact) mass is 127 g/mol. The molecule has 0 saturated heterocycles. The lowest BCUT2D eigenvalue weighted by atomic mass is 9.90. The normalized spacial score (nSPS) is 17.3. The van der Waals surface area contributed by atoms with Gasteiger partial charge in [-0.05, 0) is 18.8 Å². The molecule has 9 heavy (non-hydrogen) atoms. The number of hydrogen-bond acceptors (Lipinski definition) is 0. The Hall–Kier alpha value is 0. The van der Waals surface area contributed by atoms with Crippen LogP contribution >= 0.6 is 0 Å². The van der Waals surface area contributed by atoms with Crippen molar-refractivity contribution >= 4 is 0 Å². The van der Waals surface area contributed by atoms with Crippen LogP contribution in [0.5, 0.6) is 0 Å². The molecule has 0 fully saturated rings. The largest absolute Gasteiger partial charge is 0.0654 e. The van der Waals surface area contributed by atoms with E-state index in [9.17, 15) is 0 Å². The molecule has 2 atom stereocenters. The van der Waals surface area contributed by atoms with Gasteiger partial charge in [0.25, 0.3) is 0 Å². The molecule has 0 N–H and O–H groups in total. The molecule has 0 saturated carbocycles. The molecule has 0 heterocycles. The van der Waals surface area contributed by atoms with E-state index < -0.39 is 0 Å². The fraction of sp³-hybridized carbons (Fsp3) is 0.889. The second-order valence-corrected chi connectivity index (χ2v) is 2.93. The Kier molecular flexibility index (Phi) is 4.84. The first-order valence-electron chi connectivity index (χ1n) is 4.05. The van der Waals surface area contributed by atoms with E-state index in [2.05, 4.69) is 27.7 Å². The van der Waals surface area contributed by atoms with Gasteiger partial charge in [0.15, 0.2) is 0 Å². The number of hydrogen-bond donors (Lipinski definition) is 0. The van der Waals surface area contributed by atoms with Crippen LogP contribution in [0.3, 0.4) is 0 Å². The van der Waals surface area contributed by atoms with Crippen molar-refractivity contribution in [3.63, 3.8) is 0 Å². The van der Waals surface area contributed by atoms with Crippen molar-refractivity contribution < 1.29 is 0 Å². The molecule has 0 aliphatic rings. The lowest BCUT2D eigenvalue weighted by Crippen LogP contribution is -2.05. The van der Waals surface area contributed by atoms with E-state index in [0.29, 0.717) is 5.92 Å². The van der Waals surface area contributed by atoms with Gasteiger partial charge in [-0.25, -0.2) is 0 Å². The highest BCUT2D eigenvalue weighted by Gasteiger charge is 2.07. The summed E-state index contributed by atoms with van der Waals surface area (Å²) in [6.07, 6.45) is 3.86. The van der Waals surface area contributed by atoms with Gasteiger partial charge in [0.1, 0.15) is 0 Å². The summed E-state index contributed by atoms with van der Waals surface area (Å²) in [6, 6.07) is 0. The first-order chi connectivity index (χ1) is 4.22. The summed E-state index contributed by atoms with van der Waals surface area (Å²) >= 11 is 0. The van der Waals surface area contributed by atoms with Crippen molar-refractivity contribution in [1.29, 1.82) is 0 Å². The first kappa shape index (κ1) is 9.00. The van der Waals surface area contributed by atoms with E-state index in [1.54, 1.807) is 0 Å². The van der Waals surface area contributed by atoms with Gasteiger partial charge in [-0.15, -0.1) is 0 Å². The molecule has 0 nitrogen and oxygen atoms in total. The Labute approximate surface area is 59.7 Å². The van der Waals surface area contributed by atoms with Crippen molar-refractivity contribution in [3.8, 4) is 0 Å². The average Bonchev–Trinajstić information content (AvgIpc) is 1.87. The zero-order valence-electron chi connectivity index (χ0n) is 6.98. The summed E-state index contributed by atoms with van der Waals surface area (Å²) in [4.78, 5) is 0. The van der Waals surface area contributed by atoms with Gasteiger partial charge >= 0.3 is 0 Å². The minimum atomic E-state index is 0.671. The molecule has 0 aromatic carbocycles. The first-order valence-corrected chi connectivity index (χ1v) is 4.05. The third-order valence-corrected chi connectivity index (χ3v) is 2.07. The summed E-state index contributed by atoms with van der Waals surface area (Å²) in [7, 11) is 0. The van der Waals surface area contributed by atoms with Crippen LogP contribution in [0, 0.1) is 18.8 Å². The van der Waals surface area contributed by atoms with Gasteiger partial charge < -0.3 is 0 Å². The Morgan fingerprint density at radius 3 is 2.22 bits per heavy atom. The SMILES string of the molecule is [CH2]C(CC)C(C)CCC. The standard InChI is InChI=1S/C9H19/c1-5-7-9(4)8(3)6-2/h8-9H,3,5-7H2,1-2,4H3. The summed E-state index contributed by atoms with van der Waals surface area (Å²) < 4.78 is 0. The topological polar surface area (TPSA) is 0 Å². The van der Waals surface area contributed by atoms with Crippen LogP contribution < -0.4 is 0 Å². The molecule has 55 valence electrons.